The third-order valence-corrected chi connectivity index (χ3v) is 2.38. The highest BCUT2D eigenvalue weighted by Crippen LogP contribution is 2.14. The van der Waals surface area contributed by atoms with Gasteiger partial charge in [0, 0.05) is 12.1 Å². The molecule has 0 amide bonds. The number of esters is 1. The normalized spacial score (nSPS) is 12.3. The smallest absolute Gasteiger partial charge is 0.338 e. The fourth-order valence-electron chi connectivity index (χ4n) is 1.51. The van der Waals surface area contributed by atoms with Crippen molar-refractivity contribution < 1.29 is 9.53 Å². The monoisotopic (exact) mass is 263 g/mol. The van der Waals surface area contributed by atoms with Crippen molar-refractivity contribution in [2.75, 3.05) is 0 Å². The molecule has 0 unspecified atom stereocenters. The molecule has 1 N–H and O–H groups in total. The van der Waals surface area contributed by atoms with Crippen LogP contribution < -0.4 is 5.32 Å². The van der Waals surface area contributed by atoms with Crippen LogP contribution in [0.2, 0.25) is 0 Å². The Labute approximate surface area is 116 Å². The van der Waals surface area contributed by atoms with E-state index in [4.69, 9.17) is 4.74 Å². The molecule has 0 radical (unpaired) electrons. The molecule has 0 aliphatic heterocycles. The molecule has 1 rings (SSSR count). The van der Waals surface area contributed by atoms with Crippen molar-refractivity contribution in [3.8, 4) is 0 Å². The number of hydrogen-bond donors (Lipinski definition) is 1. The number of benzene rings is 1. The summed E-state index contributed by atoms with van der Waals surface area (Å²) in [4.78, 5) is 12.0. The Hall–Kier alpha value is -1.35. The van der Waals surface area contributed by atoms with Crippen LogP contribution in [-0.2, 0) is 11.3 Å². The van der Waals surface area contributed by atoms with E-state index in [0.29, 0.717) is 5.56 Å². The minimum Gasteiger partial charge on any atom is -0.456 e. The zero-order chi connectivity index (χ0) is 14.7. The van der Waals surface area contributed by atoms with Crippen molar-refractivity contribution in [2.24, 2.45) is 0 Å². The van der Waals surface area contributed by atoms with Gasteiger partial charge in [-0.3, -0.25) is 0 Å². The van der Waals surface area contributed by atoms with E-state index in [9.17, 15) is 4.79 Å². The number of rotatable bonds is 3. The van der Waals surface area contributed by atoms with E-state index in [1.54, 1.807) is 6.07 Å². The molecule has 0 saturated carbocycles. The van der Waals surface area contributed by atoms with Crippen molar-refractivity contribution in [1.82, 2.24) is 5.32 Å². The summed E-state index contributed by atoms with van der Waals surface area (Å²) in [5.41, 5.74) is 1.28. The molecule has 0 heterocycles. The summed E-state index contributed by atoms with van der Waals surface area (Å²) in [6.07, 6.45) is 0. The van der Waals surface area contributed by atoms with Gasteiger partial charge in [0.05, 0.1) is 5.56 Å². The van der Waals surface area contributed by atoms with Crippen LogP contribution in [0.4, 0.5) is 0 Å². The van der Waals surface area contributed by atoms with Gasteiger partial charge in [0.1, 0.15) is 5.60 Å². The Balaban J connectivity index is 2.74. The van der Waals surface area contributed by atoms with Gasteiger partial charge in [-0.1, -0.05) is 12.1 Å². The molecule has 3 nitrogen and oxygen atoms in total. The molecule has 0 aromatic heterocycles. The molecule has 0 aliphatic carbocycles. The van der Waals surface area contributed by atoms with Crippen LogP contribution in [0, 0.1) is 0 Å². The molecule has 0 fully saturated rings. The van der Waals surface area contributed by atoms with Crippen LogP contribution in [0.15, 0.2) is 24.3 Å². The van der Waals surface area contributed by atoms with Crippen LogP contribution in [0.5, 0.6) is 0 Å². The third kappa shape index (κ3) is 6.39. The van der Waals surface area contributed by atoms with Crippen molar-refractivity contribution in [2.45, 2.75) is 59.2 Å². The second kappa shape index (κ2) is 5.74. The highest BCUT2D eigenvalue weighted by Gasteiger charge is 2.18. The molecule has 0 aliphatic rings. The molecule has 0 saturated heterocycles. The van der Waals surface area contributed by atoms with Gasteiger partial charge in [-0.2, -0.15) is 0 Å². The zero-order valence-corrected chi connectivity index (χ0v) is 12.8. The van der Waals surface area contributed by atoms with Gasteiger partial charge in [-0.05, 0) is 59.2 Å². The molecular formula is C16H25NO2. The summed E-state index contributed by atoms with van der Waals surface area (Å²) >= 11 is 0. The fraction of sp³-hybridized carbons (Fsp3) is 0.562. The Morgan fingerprint density at radius 2 is 1.79 bits per heavy atom. The van der Waals surface area contributed by atoms with Crippen molar-refractivity contribution >= 4 is 5.97 Å². The molecule has 0 spiro atoms. The molecule has 1 aromatic rings. The van der Waals surface area contributed by atoms with Gasteiger partial charge in [-0.15, -0.1) is 0 Å². The summed E-state index contributed by atoms with van der Waals surface area (Å²) in [6, 6.07) is 7.56. The zero-order valence-electron chi connectivity index (χ0n) is 12.8. The van der Waals surface area contributed by atoms with Crippen LogP contribution in [0.3, 0.4) is 0 Å². The number of ether oxygens (including phenoxy) is 1. The fourth-order valence-corrected chi connectivity index (χ4v) is 1.51. The van der Waals surface area contributed by atoms with Gasteiger partial charge in [0.2, 0.25) is 0 Å². The predicted molar refractivity (Wildman–Crippen MR) is 78.2 cm³/mol. The average molecular weight is 263 g/mol. The average Bonchev–Trinajstić information content (AvgIpc) is 2.23. The maximum Gasteiger partial charge on any atom is 0.338 e. The Kier molecular flexibility index (Phi) is 4.75. The first-order chi connectivity index (χ1) is 8.57. The molecule has 1 aromatic carbocycles. The number of carbonyl (C=O) groups excluding carboxylic acids is 1. The SMILES string of the molecule is CC(C)(C)NCc1cccc(C(=O)OC(C)(C)C)c1. The predicted octanol–water partition coefficient (Wildman–Crippen LogP) is 3.53. The lowest BCUT2D eigenvalue weighted by molar-refractivity contribution is 0.00694. The van der Waals surface area contributed by atoms with Crippen molar-refractivity contribution in [1.29, 1.82) is 0 Å². The van der Waals surface area contributed by atoms with E-state index in [1.165, 1.54) is 0 Å². The van der Waals surface area contributed by atoms with Gasteiger partial charge >= 0.3 is 5.97 Å². The Morgan fingerprint density at radius 3 is 2.32 bits per heavy atom. The first-order valence-electron chi connectivity index (χ1n) is 6.64. The first-order valence-corrected chi connectivity index (χ1v) is 6.64. The molecule has 106 valence electrons. The summed E-state index contributed by atoms with van der Waals surface area (Å²) < 4.78 is 5.36. The van der Waals surface area contributed by atoms with Crippen molar-refractivity contribution in [3.63, 3.8) is 0 Å². The lowest BCUT2D eigenvalue weighted by Crippen LogP contribution is -2.35. The van der Waals surface area contributed by atoms with Crippen LogP contribution in [0.1, 0.15) is 57.5 Å². The first kappa shape index (κ1) is 15.7. The molecule has 0 atom stereocenters. The summed E-state index contributed by atoms with van der Waals surface area (Å²) in [5.74, 6) is -0.273. The van der Waals surface area contributed by atoms with Gasteiger partial charge in [-0.25, -0.2) is 4.79 Å². The van der Waals surface area contributed by atoms with Crippen molar-refractivity contribution in [3.05, 3.63) is 35.4 Å². The number of hydrogen-bond acceptors (Lipinski definition) is 3. The van der Waals surface area contributed by atoms with Gasteiger partial charge < -0.3 is 10.1 Å². The second-order valence-corrected chi connectivity index (χ2v) is 6.81. The summed E-state index contributed by atoms with van der Waals surface area (Å²) in [5, 5.41) is 3.40. The standard InChI is InChI=1S/C16H25NO2/c1-15(2,3)17-11-12-8-7-9-13(10-12)14(18)19-16(4,5)6/h7-10,17H,11H2,1-6H3. The van der Waals surface area contributed by atoms with E-state index >= 15 is 0 Å². The Morgan fingerprint density at radius 1 is 1.16 bits per heavy atom. The number of carbonyl (C=O) groups is 1. The molecule has 0 bridgehead atoms. The summed E-state index contributed by atoms with van der Waals surface area (Å²) in [7, 11) is 0. The minimum atomic E-state index is -0.462. The molecule has 19 heavy (non-hydrogen) atoms. The van der Waals surface area contributed by atoms with Gasteiger partial charge in [0.25, 0.3) is 0 Å². The minimum absolute atomic E-state index is 0.0575. The van der Waals surface area contributed by atoms with Crippen LogP contribution in [0.25, 0.3) is 0 Å². The van der Waals surface area contributed by atoms with E-state index in [0.717, 1.165) is 12.1 Å². The lowest BCUT2D eigenvalue weighted by atomic mass is 10.1. The van der Waals surface area contributed by atoms with Gasteiger partial charge in [0.15, 0.2) is 0 Å². The largest absolute Gasteiger partial charge is 0.456 e. The Bertz CT molecular complexity index is 439. The maximum atomic E-state index is 12.0. The van der Waals surface area contributed by atoms with E-state index < -0.39 is 5.60 Å². The van der Waals surface area contributed by atoms with Crippen LogP contribution >= 0.6 is 0 Å². The van der Waals surface area contributed by atoms with Crippen LogP contribution in [-0.4, -0.2) is 17.1 Å². The number of nitrogens with one attached hydrogen (secondary N) is 1. The van der Waals surface area contributed by atoms with E-state index in [1.807, 2.05) is 39.0 Å². The highest BCUT2D eigenvalue weighted by molar-refractivity contribution is 5.89. The third-order valence-electron chi connectivity index (χ3n) is 2.38. The quantitative estimate of drug-likeness (QED) is 0.848. The van der Waals surface area contributed by atoms with E-state index in [2.05, 4.69) is 26.1 Å². The highest BCUT2D eigenvalue weighted by atomic mass is 16.6. The van der Waals surface area contributed by atoms with E-state index in [-0.39, 0.29) is 11.5 Å². The second-order valence-electron chi connectivity index (χ2n) is 6.81. The summed E-state index contributed by atoms with van der Waals surface area (Å²) in [6.45, 7) is 12.7. The molecule has 3 heteroatoms. The topological polar surface area (TPSA) is 38.3 Å². The molecular weight excluding hydrogens is 238 g/mol. The lowest BCUT2D eigenvalue weighted by Gasteiger charge is -2.21. The maximum absolute atomic E-state index is 12.0.